The van der Waals surface area contributed by atoms with Gasteiger partial charge in [0.1, 0.15) is 0 Å². The quantitative estimate of drug-likeness (QED) is 0.729. The van der Waals surface area contributed by atoms with Crippen LogP contribution in [0.2, 0.25) is 10.0 Å². The molecule has 1 aromatic rings. The van der Waals surface area contributed by atoms with Crippen molar-refractivity contribution in [2.24, 2.45) is 5.92 Å². The molecule has 0 N–H and O–H groups in total. The van der Waals surface area contributed by atoms with Crippen molar-refractivity contribution < 1.29 is 0 Å². The average molecular weight is 337 g/mol. The molecule has 0 aromatic heterocycles. The molecule has 1 fully saturated rings. The summed E-state index contributed by atoms with van der Waals surface area (Å²) in [6.45, 7) is 4.34. The predicted molar refractivity (Wildman–Crippen MR) is 78.2 cm³/mol. The monoisotopic (exact) mass is 335 g/mol. The predicted octanol–water partition coefficient (Wildman–Crippen LogP) is 4.60. The Morgan fingerprint density at radius 1 is 1.41 bits per heavy atom. The summed E-state index contributed by atoms with van der Waals surface area (Å²) in [6.07, 6.45) is 1.26. The van der Waals surface area contributed by atoms with E-state index in [9.17, 15) is 0 Å². The zero-order valence-electron chi connectivity index (χ0n) is 9.80. The van der Waals surface area contributed by atoms with Crippen LogP contribution in [-0.4, -0.2) is 22.8 Å². The fourth-order valence-electron chi connectivity index (χ4n) is 2.42. The fourth-order valence-corrected chi connectivity index (χ4v) is 3.85. The molecule has 2 atom stereocenters. The van der Waals surface area contributed by atoms with Gasteiger partial charge in [0.15, 0.2) is 0 Å². The van der Waals surface area contributed by atoms with E-state index >= 15 is 0 Å². The lowest BCUT2D eigenvalue weighted by Gasteiger charge is -2.25. The summed E-state index contributed by atoms with van der Waals surface area (Å²) in [5, 5.41) is 2.36. The van der Waals surface area contributed by atoms with Crippen LogP contribution < -0.4 is 0 Å². The zero-order valence-corrected chi connectivity index (χ0v) is 12.9. The Labute approximate surface area is 121 Å². The van der Waals surface area contributed by atoms with Gasteiger partial charge < -0.3 is 0 Å². The van der Waals surface area contributed by atoms with Crippen molar-refractivity contribution >= 4 is 39.1 Å². The van der Waals surface area contributed by atoms with E-state index in [2.05, 4.69) is 33.8 Å². The van der Waals surface area contributed by atoms with Crippen LogP contribution in [0.3, 0.4) is 0 Å². The number of alkyl halides is 1. The van der Waals surface area contributed by atoms with Crippen LogP contribution >= 0.6 is 39.1 Å². The minimum absolute atomic E-state index is 0.602. The molecule has 0 radical (unpaired) electrons. The molecular weight excluding hydrogens is 321 g/mol. The van der Waals surface area contributed by atoms with Gasteiger partial charge >= 0.3 is 0 Å². The Kier molecular flexibility index (Phi) is 4.76. The van der Waals surface area contributed by atoms with Gasteiger partial charge in [0.05, 0.1) is 10.0 Å². The minimum atomic E-state index is 0.602. The summed E-state index contributed by atoms with van der Waals surface area (Å²) < 4.78 is 0. The van der Waals surface area contributed by atoms with Gasteiger partial charge in [-0.1, -0.05) is 58.2 Å². The van der Waals surface area contributed by atoms with Gasteiger partial charge in [-0.2, -0.15) is 0 Å². The summed E-state index contributed by atoms with van der Waals surface area (Å²) in [4.78, 5) is 2.48. The average Bonchev–Trinajstić information content (AvgIpc) is 2.66. The molecule has 2 unspecified atom stereocenters. The van der Waals surface area contributed by atoms with Crippen molar-refractivity contribution in [3.8, 4) is 0 Å². The van der Waals surface area contributed by atoms with Crippen LogP contribution in [0.15, 0.2) is 18.2 Å². The van der Waals surface area contributed by atoms with Gasteiger partial charge in [0, 0.05) is 17.9 Å². The molecule has 2 rings (SSSR count). The van der Waals surface area contributed by atoms with Crippen LogP contribution in [0.4, 0.5) is 0 Å². The van der Waals surface area contributed by atoms with Crippen molar-refractivity contribution in [3.05, 3.63) is 33.8 Å². The molecule has 1 saturated heterocycles. The summed E-state index contributed by atoms with van der Waals surface area (Å²) >= 11 is 15.9. The Morgan fingerprint density at radius 2 is 2.18 bits per heavy atom. The lowest BCUT2D eigenvalue weighted by Crippen LogP contribution is -2.33. The van der Waals surface area contributed by atoms with Crippen LogP contribution in [0.1, 0.15) is 18.9 Å². The molecule has 1 aliphatic heterocycles. The number of hydrogen-bond donors (Lipinski definition) is 0. The van der Waals surface area contributed by atoms with Crippen LogP contribution in [0.25, 0.3) is 0 Å². The molecule has 1 heterocycles. The molecule has 0 bridgehead atoms. The first-order valence-corrected chi connectivity index (χ1v) is 7.74. The van der Waals surface area contributed by atoms with Gasteiger partial charge in [0.25, 0.3) is 0 Å². The van der Waals surface area contributed by atoms with E-state index in [0.717, 1.165) is 29.9 Å². The number of rotatable bonds is 3. The van der Waals surface area contributed by atoms with E-state index in [1.165, 1.54) is 6.42 Å². The van der Waals surface area contributed by atoms with Gasteiger partial charge in [-0.25, -0.2) is 0 Å². The fraction of sp³-hybridized carbons (Fsp3) is 0.538. The minimum Gasteiger partial charge on any atom is -0.295 e. The molecule has 0 amide bonds. The second-order valence-corrected chi connectivity index (χ2v) is 6.10. The van der Waals surface area contributed by atoms with Crippen molar-refractivity contribution in [3.63, 3.8) is 0 Å². The highest BCUT2D eigenvalue weighted by molar-refractivity contribution is 9.09. The van der Waals surface area contributed by atoms with Crippen molar-refractivity contribution in [2.45, 2.75) is 25.9 Å². The smallest absolute Gasteiger partial charge is 0.0637 e. The summed E-state index contributed by atoms with van der Waals surface area (Å²) in [6, 6.07) is 6.46. The topological polar surface area (TPSA) is 3.24 Å². The van der Waals surface area contributed by atoms with Gasteiger partial charge in [-0.05, 0) is 30.5 Å². The largest absolute Gasteiger partial charge is 0.295 e. The van der Waals surface area contributed by atoms with Gasteiger partial charge in [0.2, 0.25) is 0 Å². The van der Waals surface area contributed by atoms with Crippen LogP contribution in [-0.2, 0) is 6.54 Å². The Balaban J connectivity index is 2.13. The first-order valence-electron chi connectivity index (χ1n) is 5.86. The van der Waals surface area contributed by atoms with Crippen molar-refractivity contribution in [1.29, 1.82) is 0 Å². The van der Waals surface area contributed by atoms with Crippen molar-refractivity contribution in [2.75, 3.05) is 11.9 Å². The maximum Gasteiger partial charge on any atom is 0.0637 e. The molecule has 4 heteroatoms. The molecular formula is C13H16BrCl2N. The number of hydrogen-bond acceptors (Lipinski definition) is 1. The number of benzene rings is 1. The Hall–Kier alpha value is 0.240. The molecule has 1 aromatic carbocycles. The molecule has 1 aliphatic rings. The molecule has 94 valence electrons. The standard InChI is InChI=1S/C13H16BrCl2N/c1-9-5-6-17(12(9)7-14)8-10-3-2-4-11(15)13(10)16/h2-4,9,12H,5-8H2,1H3. The summed E-state index contributed by atoms with van der Waals surface area (Å²) in [5.74, 6) is 0.743. The van der Waals surface area contributed by atoms with E-state index in [4.69, 9.17) is 23.2 Å². The Morgan fingerprint density at radius 3 is 2.88 bits per heavy atom. The Bertz CT molecular complexity index is 397. The van der Waals surface area contributed by atoms with E-state index < -0.39 is 0 Å². The summed E-state index contributed by atoms with van der Waals surface area (Å²) in [7, 11) is 0. The van der Waals surface area contributed by atoms with Gasteiger partial charge in [-0.3, -0.25) is 4.90 Å². The van der Waals surface area contributed by atoms with E-state index in [1.807, 2.05) is 12.1 Å². The van der Waals surface area contributed by atoms with Crippen molar-refractivity contribution in [1.82, 2.24) is 4.90 Å². The van der Waals surface area contributed by atoms with Crippen LogP contribution in [0, 0.1) is 5.92 Å². The third-order valence-electron chi connectivity index (χ3n) is 3.56. The third-order valence-corrected chi connectivity index (χ3v) is 5.08. The zero-order chi connectivity index (χ0) is 12.4. The summed E-state index contributed by atoms with van der Waals surface area (Å²) in [5.41, 5.74) is 1.12. The first-order chi connectivity index (χ1) is 8.13. The highest BCUT2D eigenvalue weighted by atomic mass is 79.9. The second-order valence-electron chi connectivity index (χ2n) is 4.67. The molecule has 0 aliphatic carbocycles. The molecule has 1 nitrogen and oxygen atoms in total. The number of halogens is 3. The molecule has 0 spiro atoms. The maximum atomic E-state index is 6.23. The highest BCUT2D eigenvalue weighted by Crippen LogP contribution is 2.31. The second kappa shape index (κ2) is 5.92. The van der Waals surface area contributed by atoms with Gasteiger partial charge in [-0.15, -0.1) is 0 Å². The van der Waals surface area contributed by atoms with E-state index in [-0.39, 0.29) is 0 Å². The lowest BCUT2D eigenvalue weighted by molar-refractivity contribution is 0.244. The third kappa shape index (κ3) is 2.98. The normalized spacial score (nSPS) is 25.4. The highest BCUT2D eigenvalue weighted by Gasteiger charge is 2.30. The lowest BCUT2D eigenvalue weighted by atomic mass is 10.0. The van der Waals surface area contributed by atoms with E-state index in [0.29, 0.717) is 16.1 Å². The van der Waals surface area contributed by atoms with Crippen LogP contribution in [0.5, 0.6) is 0 Å². The number of likely N-dealkylation sites (tertiary alicyclic amines) is 1. The molecule has 0 saturated carbocycles. The first kappa shape index (κ1) is 13.7. The SMILES string of the molecule is CC1CCN(Cc2cccc(Cl)c2Cl)C1CBr. The number of nitrogens with zero attached hydrogens (tertiary/aromatic N) is 1. The molecule has 17 heavy (non-hydrogen) atoms. The maximum absolute atomic E-state index is 6.23. The van der Waals surface area contributed by atoms with E-state index in [1.54, 1.807) is 0 Å².